The Morgan fingerprint density at radius 2 is 2.10 bits per heavy atom. The van der Waals surface area contributed by atoms with Crippen molar-refractivity contribution in [3.05, 3.63) is 53.9 Å². The van der Waals surface area contributed by atoms with Crippen molar-refractivity contribution in [3.8, 4) is 11.5 Å². The highest BCUT2D eigenvalue weighted by atomic mass is 19.1. The highest BCUT2D eigenvalue weighted by molar-refractivity contribution is 5.92. The number of hydrogen-bond acceptors (Lipinski definition) is 5. The van der Waals surface area contributed by atoms with E-state index in [0.29, 0.717) is 41.9 Å². The van der Waals surface area contributed by atoms with Gasteiger partial charge in [0.2, 0.25) is 0 Å². The number of likely N-dealkylation sites (tertiary alicyclic amines) is 1. The molecule has 7 nitrogen and oxygen atoms in total. The van der Waals surface area contributed by atoms with E-state index in [2.05, 4.69) is 15.2 Å². The number of amides is 1. The summed E-state index contributed by atoms with van der Waals surface area (Å²) in [6.45, 7) is 4.17. The van der Waals surface area contributed by atoms with E-state index in [-0.39, 0.29) is 11.7 Å². The molecule has 1 aromatic carbocycles. The normalized spacial score (nSPS) is 16.9. The summed E-state index contributed by atoms with van der Waals surface area (Å²) < 4.78 is 20.1. The lowest BCUT2D eigenvalue weighted by Gasteiger charge is -2.32. The fourth-order valence-corrected chi connectivity index (χ4v) is 3.81. The first-order valence-electron chi connectivity index (χ1n) is 10.0. The first-order chi connectivity index (χ1) is 14.1. The van der Waals surface area contributed by atoms with Crippen molar-refractivity contribution in [1.82, 2.24) is 24.8 Å². The molecule has 1 fully saturated rings. The number of aryl methyl sites for hydroxylation is 2. The van der Waals surface area contributed by atoms with Gasteiger partial charge in [0.25, 0.3) is 11.8 Å². The molecule has 1 unspecified atom stereocenters. The van der Waals surface area contributed by atoms with Crippen LogP contribution in [0, 0.1) is 11.7 Å². The van der Waals surface area contributed by atoms with E-state index in [4.69, 9.17) is 4.52 Å². The first kappa shape index (κ1) is 19.3. The van der Waals surface area contributed by atoms with Gasteiger partial charge in [-0.05, 0) is 62.4 Å². The largest absolute Gasteiger partial charge is 0.337 e. The van der Waals surface area contributed by atoms with Crippen molar-refractivity contribution in [2.24, 2.45) is 5.92 Å². The Labute approximate surface area is 168 Å². The van der Waals surface area contributed by atoms with Crippen LogP contribution in [0.4, 0.5) is 4.39 Å². The minimum Gasteiger partial charge on any atom is -0.337 e. The van der Waals surface area contributed by atoms with Gasteiger partial charge in [0, 0.05) is 37.8 Å². The molecule has 0 N–H and O–H groups in total. The summed E-state index contributed by atoms with van der Waals surface area (Å²) in [6.07, 6.45) is 5.32. The number of hydrogen-bond donors (Lipinski definition) is 0. The van der Waals surface area contributed by atoms with Crippen LogP contribution in [-0.4, -0.2) is 43.8 Å². The first-order valence-corrected chi connectivity index (χ1v) is 10.0. The molecule has 1 atom stereocenters. The molecule has 1 aliphatic rings. The maximum Gasteiger partial charge on any atom is 0.272 e. The molecular formula is C21H24FN5O2. The van der Waals surface area contributed by atoms with Crippen molar-refractivity contribution >= 4 is 5.91 Å². The van der Waals surface area contributed by atoms with Crippen LogP contribution in [0.25, 0.3) is 11.5 Å². The molecule has 4 rings (SSSR count). The van der Waals surface area contributed by atoms with E-state index < -0.39 is 0 Å². The molecule has 3 aromatic rings. The van der Waals surface area contributed by atoms with Crippen molar-refractivity contribution in [2.45, 2.75) is 39.2 Å². The number of aromatic nitrogens is 4. The maximum atomic E-state index is 13.1. The predicted molar refractivity (Wildman–Crippen MR) is 105 cm³/mol. The molecule has 0 spiro atoms. The SMILES string of the molecule is CCn1nccc1C(=O)N1CCCC(CCc2noc(-c3ccc(F)cc3)n2)C1. The van der Waals surface area contributed by atoms with E-state index in [1.165, 1.54) is 12.1 Å². The van der Waals surface area contributed by atoms with Crippen LogP contribution in [0.1, 0.15) is 42.5 Å². The number of rotatable bonds is 6. The number of nitrogens with zero attached hydrogens (tertiary/aromatic N) is 5. The summed E-state index contributed by atoms with van der Waals surface area (Å²) in [4.78, 5) is 19.2. The Morgan fingerprint density at radius 3 is 2.90 bits per heavy atom. The van der Waals surface area contributed by atoms with Gasteiger partial charge in [0.15, 0.2) is 5.82 Å². The molecule has 0 bridgehead atoms. The fraction of sp³-hybridized carbons (Fsp3) is 0.429. The Hall–Kier alpha value is -3.03. The van der Waals surface area contributed by atoms with E-state index in [9.17, 15) is 9.18 Å². The van der Waals surface area contributed by atoms with E-state index in [0.717, 1.165) is 32.4 Å². The van der Waals surface area contributed by atoms with Crippen molar-refractivity contribution < 1.29 is 13.7 Å². The average molecular weight is 397 g/mol. The second-order valence-corrected chi connectivity index (χ2v) is 7.35. The Bertz CT molecular complexity index is 966. The zero-order valence-corrected chi connectivity index (χ0v) is 16.4. The van der Waals surface area contributed by atoms with Gasteiger partial charge in [0.1, 0.15) is 11.5 Å². The second-order valence-electron chi connectivity index (χ2n) is 7.35. The van der Waals surface area contributed by atoms with Crippen molar-refractivity contribution in [1.29, 1.82) is 0 Å². The van der Waals surface area contributed by atoms with Gasteiger partial charge in [-0.25, -0.2) is 4.39 Å². The predicted octanol–water partition coefficient (Wildman–Crippen LogP) is 3.58. The lowest BCUT2D eigenvalue weighted by molar-refractivity contribution is 0.0655. The lowest BCUT2D eigenvalue weighted by atomic mass is 9.93. The number of halogens is 1. The third kappa shape index (κ3) is 4.36. The quantitative estimate of drug-likeness (QED) is 0.635. The third-order valence-corrected chi connectivity index (χ3v) is 5.38. The van der Waals surface area contributed by atoms with Crippen LogP contribution >= 0.6 is 0 Å². The van der Waals surface area contributed by atoms with Gasteiger partial charge < -0.3 is 9.42 Å². The summed E-state index contributed by atoms with van der Waals surface area (Å²) in [5.41, 5.74) is 1.35. The maximum absolute atomic E-state index is 13.1. The Morgan fingerprint density at radius 1 is 1.28 bits per heavy atom. The number of carbonyl (C=O) groups excluding carboxylic acids is 1. The van der Waals surface area contributed by atoms with Gasteiger partial charge in [-0.15, -0.1) is 0 Å². The van der Waals surface area contributed by atoms with Crippen LogP contribution in [0.3, 0.4) is 0 Å². The van der Waals surface area contributed by atoms with Crippen LogP contribution in [-0.2, 0) is 13.0 Å². The zero-order chi connectivity index (χ0) is 20.2. The number of piperidine rings is 1. The summed E-state index contributed by atoms with van der Waals surface area (Å²) in [5, 5.41) is 8.24. The molecule has 8 heteroatoms. The minimum absolute atomic E-state index is 0.0483. The Kier molecular flexibility index (Phi) is 5.69. The van der Waals surface area contributed by atoms with Crippen LogP contribution in [0.15, 0.2) is 41.1 Å². The fourth-order valence-electron chi connectivity index (χ4n) is 3.81. The third-order valence-electron chi connectivity index (χ3n) is 5.38. The molecule has 1 aliphatic heterocycles. The summed E-state index contributed by atoms with van der Waals surface area (Å²) in [6, 6.07) is 7.77. The standard InChI is InChI=1S/C21H24FN5O2/c1-2-27-18(11-12-23-27)21(28)26-13-3-4-15(14-26)5-10-19-24-20(29-25-19)16-6-8-17(22)9-7-16/h6-9,11-12,15H,2-5,10,13-14H2,1H3. The van der Waals surface area contributed by atoms with E-state index in [1.54, 1.807) is 29.1 Å². The average Bonchev–Trinajstić information content (AvgIpc) is 3.42. The molecule has 1 amide bonds. The molecule has 29 heavy (non-hydrogen) atoms. The Balaban J connectivity index is 1.34. The monoisotopic (exact) mass is 397 g/mol. The number of benzene rings is 1. The van der Waals surface area contributed by atoms with Crippen molar-refractivity contribution in [3.63, 3.8) is 0 Å². The highest BCUT2D eigenvalue weighted by Crippen LogP contribution is 2.24. The molecule has 0 radical (unpaired) electrons. The van der Waals surface area contributed by atoms with Crippen LogP contribution in [0.5, 0.6) is 0 Å². The molecule has 152 valence electrons. The number of carbonyl (C=O) groups is 1. The van der Waals surface area contributed by atoms with Crippen molar-refractivity contribution in [2.75, 3.05) is 13.1 Å². The second kappa shape index (κ2) is 8.55. The zero-order valence-electron chi connectivity index (χ0n) is 16.4. The molecule has 0 aliphatic carbocycles. The van der Waals surface area contributed by atoms with Gasteiger partial charge in [-0.1, -0.05) is 5.16 Å². The van der Waals surface area contributed by atoms with E-state index >= 15 is 0 Å². The van der Waals surface area contributed by atoms with Gasteiger partial charge in [0.05, 0.1) is 0 Å². The summed E-state index contributed by atoms with van der Waals surface area (Å²) >= 11 is 0. The van der Waals surface area contributed by atoms with Gasteiger partial charge in [-0.2, -0.15) is 10.1 Å². The van der Waals surface area contributed by atoms with E-state index in [1.807, 2.05) is 11.8 Å². The molecule has 3 heterocycles. The molecule has 2 aromatic heterocycles. The topological polar surface area (TPSA) is 77.0 Å². The molecular weight excluding hydrogens is 373 g/mol. The van der Waals surface area contributed by atoms with Crippen LogP contribution in [0.2, 0.25) is 0 Å². The smallest absolute Gasteiger partial charge is 0.272 e. The van der Waals surface area contributed by atoms with Gasteiger partial charge in [-0.3, -0.25) is 9.48 Å². The molecule has 1 saturated heterocycles. The summed E-state index contributed by atoms with van der Waals surface area (Å²) in [5.74, 6) is 1.18. The highest BCUT2D eigenvalue weighted by Gasteiger charge is 2.26. The molecule has 0 saturated carbocycles. The van der Waals surface area contributed by atoms with Gasteiger partial charge >= 0.3 is 0 Å². The van der Waals surface area contributed by atoms with Crippen LogP contribution < -0.4 is 0 Å². The lowest BCUT2D eigenvalue weighted by Crippen LogP contribution is -2.40. The minimum atomic E-state index is -0.299. The summed E-state index contributed by atoms with van der Waals surface area (Å²) in [7, 11) is 0.